The van der Waals surface area contributed by atoms with Gasteiger partial charge in [-0.15, -0.1) is 6.58 Å². The number of benzene rings is 1. The largest absolute Gasteiger partial charge is 0.330 e. The van der Waals surface area contributed by atoms with Crippen LogP contribution in [0.25, 0.3) is 0 Å². The van der Waals surface area contributed by atoms with Crippen molar-refractivity contribution in [3.8, 4) is 0 Å². The first kappa shape index (κ1) is 16.4. The van der Waals surface area contributed by atoms with Gasteiger partial charge in [0.1, 0.15) is 6.54 Å². The van der Waals surface area contributed by atoms with E-state index in [2.05, 4.69) is 11.9 Å². The molecule has 0 aromatic heterocycles. The van der Waals surface area contributed by atoms with Crippen LogP contribution in [0.2, 0.25) is 0 Å². The molecule has 2 amide bonds. The Labute approximate surface area is 122 Å². The Morgan fingerprint density at radius 1 is 1.48 bits per heavy atom. The quantitative estimate of drug-likeness (QED) is 0.492. The summed E-state index contributed by atoms with van der Waals surface area (Å²) >= 11 is 0. The van der Waals surface area contributed by atoms with Crippen LogP contribution in [-0.2, 0) is 9.59 Å². The zero-order valence-corrected chi connectivity index (χ0v) is 12.0. The van der Waals surface area contributed by atoms with Crippen molar-refractivity contribution in [3.63, 3.8) is 0 Å². The van der Waals surface area contributed by atoms with Crippen LogP contribution in [0.3, 0.4) is 0 Å². The van der Waals surface area contributed by atoms with Crippen molar-refractivity contribution in [1.82, 2.24) is 4.90 Å². The van der Waals surface area contributed by atoms with Crippen LogP contribution >= 0.6 is 0 Å². The second-order valence-corrected chi connectivity index (χ2v) is 4.49. The van der Waals surface area contributed by atoms with Gasteiger partial charge in [-0.1, -0.05) is 12.1 Å². The molecule has 1 rings (SSSR count). The third-order valence-corrected chi connectivity index (χ3v) is 2.84. The first-order valence-corrected chi connectivity index (χ1v) is 6.26. The van der Waals surface area contributed by atoms with E-state index < -0.39 is 10.8 Å². The topological polar surface area (TPSA) is 92.6 Å². The van der Waals surface area contributed by atoms with E-state index in [4.69, 9.17) is 0 Å². The molecule has 1 N–H and O–H groups in total. The Hall–Kier alpha value is -2.70. The van der Waals surface area contributed by atoms with Crippen LogP contribution in [0.4, 0.5) is 11.4 Å². The molecular formula is C14H17N3O4. The first-order chi connectivity index (χ1) is 9.85. The van der Waals surface area contributed by atoms with E-state index in [1.807, 2.05) is 0 Å². The number of non-ortho nitro benzene ring substituents is 1. The molecule has 1 aromatic carbocycles. The van der Waals surface area contributed by atoms with Gasteiger partial charge in [-0.2, -0.15) is 0 Å². The van der Waals surface area contributed by atoms with Gasteiger partial charge in [0.25, 0.3) is 5.69 Å². The molecule has 0 saturated carbocycles. The second kappa shape index (κ2) is 7.18. The average molecular weight is 291 g/mol. The Morgan fingerprint density at radius 2 is 2.14 bits per heavy atom. The lowest BCUT2D eigenvalue weighted by atomic mass is 10.2. The van der Waals surface area contributed by atoms with Gasteiger partial charge in [-0.25, -0.2) is 0 Å². The average Bonchev–Trinajstić information content (AvgIpc) is 2.40. The van der Waals surface area contributed by atoms with E-state index in [9.17, 15) is 19.7 Å². The fourth-order valence-corrected chi connectivity index (χ4v) is 1.68. The van der Waals surface area contributed by atoms with Gasteiger partial charge >= 0.3 is 0 Å². The predicted octanol–water partition coefficient (Wildman–Crippen LogP) is 1.88. The van der Waals surface area contributed by atoms with Crippen LogP contribution in [0.1, 0.15) is 12.5 Å². The maximum absolute atomic E-state index is 11.9. The van der Waals surface area contributed by atoms with Crippen molar-refractivity contribution in [2.45, 2.75) is 13.8 Å². The molecule has 112 valence electrons. The molecule has 1 aromatic rings. The third-order valence-electron chi connectivity index (χ3n) is 2.84. The number of rotatable bonds is 6. The lowest BCUT2D eigenvalue weighted by Crippen LogP contribution is -2.36. The normalized spacial score (nSPS) is 9.81. The van der Waals surface area contributed by atoms with E-state index in [0.717, 1.165) is 0 Å². The van der Waals surface area contributed by atoms with Gasteiger partial charge < -0.3 is 10.2 Å². The number of amides is 2. The highest BCUT2D eigenvalue weighted by molar-refractivity contribution is 5.95. The summed E-state index contributed by atoms with van der Waals surface area (Å²) < 4.78 is 0. The highest BCUT2D eigenvalue weighted by Crippen LogP contribution is 2.21. The number of anilines is 1. The molecule has 7 heteroatoms. The maximum atomic E-state index is 11.9. The second-order valence-electron chi connectivity index (χ2n) is 4.49. The highest BCUT2D eigenvalue weighted by Gasteiger charge is 2.15. The summed E-state index contributed by atoms with van der Waals surface area (Å²) in [5.41, 5.74) is 0.953. The monoisotopic (exact) mass is 291 g/mol. The molecule has 0 saturated heterocycles. The summed E-state index contributed by atoms with van der Waals surface area (Å²) in [5.74, 6) is -0.670. The smallest absolute Gasteiger partial charge is 0.271 e. The summed E-state index contributed by atoms with van der Waals surface area (Å²) in [6.45, 7) is 6.73. The van der Waals surface area contributed by atoms with E-state index in [-0.39, 0.29) is 24.7 Å². The van der Waals surface area contributed by atoms with Crippen molar-refractivity contribution >= 4 is 23.2 Å². The molecule has 0 aliphatic rings. The molecule has 0 aliphatic carbocycles. The number of carbonyl (C=O) groups excluding carboxylic acids is 2. The zero-order chi connectivity index (χ0) is 16.0. The number of nitrogens with one attached hydrogen (secondary N) is 1. The number of nitro benzene ring substituents is 1. The molecule has 0 fully saturated rings. The zero-order valence-electron chi connectivity index (χ0n) is 12.0. The van der Waals surface area contributed by atoms with Crippen molar-refractivity contribution < 1.29 is 14.5 Å². The predicted molar refractivity (Wildman–Crippen MR) is 78.9 cm³/mol. The number of nitrogens with zero attached hydrogens (tertiary/aromatic N) is 2. The fourth-order valence-electron chi connectivity index (χ4n) is 1.68. The van der Waals surface area contributed by atoms with Crippen molar-refractivity contribution in [2.75, 3.05) is 18.4 Å². The fraction of sp³-hybridized carbons (Fsp3) is 0.286. The number of nitro groups is 1. The van der Waals surface area contributed by atoms with Crippen molar-refractivity contribution in [2.24, 2.45) is 0 Å². The van der Waals surface area contributed by atoms with E-state index >= 15 is 0 Å². The van der Waals surface area contributed by atoms with Gasteiger partial charge in [-0.3, -0.25) is 19.7 Å². The van der Waals surface area contributed by atoms with Gasteiger partial charge in [0.15, 0.2) is 0 Å². The Morgan fingerprint density at radius 3 is 2.67 bits per heavy atom. The summed E-state index contributed by atoms with van der Waals surface area (Å²) in [4.78, 5) is 34.8. The highest BCUT2D eigenvalue weighted by atomic mass is 16.6. The molecule has 21 heavy (non-hydrogen) atoms. The maximum Gasteiger partial charge on any atom is 0.271 e. The molecular weight excluding hydrogens is 274 g/mol. The molecule has 0 radical (unpaired) electrons. The first-order valence-electron chi connectivity index (χ1n) is 6.26. The summed E-state index contributed by atoms with van der Waals surface area (Å²) in [6, 6.07) is 4.21. The van der Waals surface area contributed by atoms with E-state index in [0.29, 0.717) is 11.3 Å². The third kappa shape index (κ3) is 4.72. The van der Waals surface area contributed by atoms with Crippen molar-refractivity contribution in [1.29, 1.82) is 0 Å². The minimum Gasteiger partial charge on any atom is -0.330 e. The van der Waals surface area contributed by atoms with E-state index in [1.165, 1.54) is 30.0 Å². The van der Waals surface area contributed by atoms with Crippen LogP contribution in [0, 0.1) is 17.0 Å². The van der Waals surface area contributed by atoms with Gasteiger partial charge in [0.2, 0.25) is 11.8 Å². The standard InChI is InChI=1S/C14H17N3O4/c1-4-7-16(11(3)18)9-14(19)15-13-8-12(17(20)21)6-5-10(13)2/h4-6,8H,1,7,9H2,2-3H3,(H,15,19). The molecule has 0 bridgehead atoms. The van der Waals surface area contributed by atoms with E-state index in [1.54, 1.807) is 13.0 Å². The van der Waals surface area contributed by atoms with Gasteiger partial charge in [-0.05, 0) is 12.5 Å². The lowest BCUT2D eigenvalue weighted by Gasteiger charge is -2.18. The van der Waals surface area contributed by atoms with Crippen LogP contribution in [-0.4, -0.2) is 34.7 Å². The Balaban J connectivity index is 2.82. The molecule has 7 nitrogen and oxygen atoms in total. The number of carbonyl (C=O) groups is 2. The Bertz CT molecular complexity index is 584. The minimum absolute atomic E-state index is 0.106. The molecule has 0 unspecified atom stereocenters. The van der Waals surface area contributed by atoms with Crippen molar-refractivity contribution in [3.05, 3.63) is 46.5 Å². The van der Waals surface area contributed by atoms with Crippen LogP contribution < -0.4 is 5.32 Å². The Kier molecular flexibility index (Phi) is 5.59. The van der Waals surface area contributed by atoms with Crippen LogP contribution in [0.15, 0.2) is 30.9 Å². The molecule has 0 spiro atoms. The summed E-state index contributed by atoms with van der Waals surface area (Å²) in [5, 5.41) is 13.3. The SMILES string of the molecule is C=CCN(CC(=O)Nc1cc([N+](=O)[O-])ccc1C)C(C)=O. The minimum atomic E-state index is -0.533. The molecule has 0 heterocycles. The number of hydrogen-bond donors (Lipinski definition) is 1. The lowest BCUT2D eigenvalue weighted by molar-refractivity contribution is -0.384. The molecule has 0 atom stereocenters. The summed E-state index contributed by atoms with van der Waals surface area (Å²) in [6.07, 6.45) is 1.52. The van der Waals surface area contributed by atoms with Gasteiger partial charge in [0, 0.05) is 25.6 Å². The number of hydrogen-bond acceptors (Lipinski definition) is 4. The molecule has 0 aliphatic heterocycles. The van der Waals surface area contributed by atoms with Crippen LogP contribution in [0.5, 0.6) is 0 Å². The number of aryl methyl sites for hydroxylation is 1. The van der Waals surface area contributed by atoms with Gasteiger partial charge in [0.05, 0.1) is 10.6 Å². The summed E-state index contributed by atoms with van der Waals surface area (Å²) in [7, 11) is 0.